The number of fused-ring (bicyclic) bond motifs is 5. The second-order valence-corrected chi connectivity index (χ2v) is 8.98. The van der Waals surface area contributed by atoms with Gasteiger partial charge in [-0.1, -0.05) is 18.2 Å². The monoisotopic (exact) mass is 485 g/mol. The summed E-state index contributed by atoms with van der Waals surface area (Å²) in [6, 6.07) is 7.11. The Bertz CT molecular complexity index is 1410. The average molecular weight is 485 g/mol. The van der Waals surface area contributed by atoms with E-state index < -0.39 is 35.5 Å². The highest BCUT2D eigenvalue weighted by molar-refractivity contribution is 6.10. The van der Waals surface area contributed by atoms with Gasteiger partial charge in [0.15, 0.2) is 5.88 Å². The van der Waals surface area contributed by atoms with Gasteiger partial charge < -0.3 is 20.9 Å². The molecule has 4 amide bonds. The van der Waals surface area contributed by atoms with E-state index in [9.17, 15) is 19.2 Å². The molecule has 6 rings (SSSR count). The summed E-state index contributed by atoms with van der Waals surface area (Å²) in [4.78, 5) is 54.6. The van der Waals surface area contributed by atoms with E-state index in [4.69, 9.17) is 20.9 Å². The van der Waals surface area contributed by atoms with Gasteiger partial charge in [-0.05, 0) is 6.07 Å². The largest absolute Gasteiger partial charge is 0.441 e. The highest BCUT2D eigenvalue weighted by atomic mass is 16.5. The maximum atomic E-state index is 13.3. The molecular weight excluding hydrogens is 464 g/mol. The van der Waals surface area contributed by atoms with Crippen LogP contribution in [0.1, 0.15) is 24.3 Å². The SMILES string of the molecule is NC1=C2C(=O)N(CCN3C(=O)CC4C(=C(N)Oc5ccccc54)C3=O)C(=O)CC2C2=C(C=C[C+]=C2)O1. The summed E-state index contributed by atoms with van der Waals surface area (Å²) in [5, 5.41) is 0. The number of likely N-dealkylation sites (tertiary alicyclic amines) is 2. The van der Waals surface area contributed by atoms with Gasteiger partial charge in [0.1, 0.15) is 23.5 Å². The first-order valence-electron chi connectivity index (χ1n) is 11.5. The summed E-state index contributed by atoms with van der Waals surface area (Å²) in [6.45, 7) is -0.356. The average Bonchev–Trinajstić information content (AvgIpc) is 2.85. The van der Waals surface area contributed by atoms with Crippen LogP contribution in [0.2, 0.25) is 0 Å². The number of hydrogen-bond donors (Lipinski definition) is 2. The van der Waals surface area contributed by atoms with Gasteiger partial charge in [0.25, 0.3) is 11.8 Å². The predicted octanol–water partition coefficient (Wildman–Crippen LogP) is 0.851. The second kappa shape index (κ2) is 7.93. The van der Waals surface area contributed by atoms with Gasteiger partial charge in [0, 0.05) is 37.1 Å². The van der Waals surface area contributed by atoms with Crippen molar-refractivity contribution in [3.8, 4) is 5.75 Å². The van der Waals surface area contributed by atoms with Crippen LogP contribution in [0, 0.1) is 12.0 Å². The van der Waals surface area contributed by atoms with Crippen molar-refractivity contribution < 1.29 is 28.7 Å². The molecule has 0 radical (unpaired) electrons. The molecule has 180 valence electrons. The van der Waals surface area contributed by atoms with Gasteiger partial charge >= 0.3 is 0 Å². The van der Waals surface area contributed by atoms with Crippen LogP contribution in [0.25, 0.3) is 0 Å². The van der Waals surface area contributed by atoms with Crippen molar-refractivity contribution in [2.24, 2.45) is 17.4 Å². The Hall–Kier alpha value is -4.69. The summed E-state index contributed by atoms with van der Waals surface area (Å²) >= 11 is 0. The fourth-order valence-corrected chi connectivity index (χ4v) is 5.33. The van der Waals surface area contributed by atoms with Crippen LogP contribution in [0.3, 0.4) is 0 Å². The molecule has 2 fully saturated rings. The van der Waals surface area contributed by atoms with Crippen molar-refractivity contribution in [3.05, 3.63) is 88.4 Å². The van der Waals surface area contributed by atoms with Crippen molar-refractivity contribution >= 4 is 23.6 Å². The van der Waals surface area contributed by atoms with Gasteiger partial charge in [-0.15, -0.1) is 0 Å². The van der Waals surface area contributed by atoms with E-state index in [2.05, 4.69) is 6.08 Å². The third-order valence-electron chi connectivity index (χ3n) is 7.05. The number of piperidine rings is 2. The van der Waals surface area contributed by atoms with Gasteiger partial charge in [0.2, 0.25) is 23.5 Å². The maximum Gasteiger partial charge on any atom is 0.263 e. The summed E-state index contributed by atoms with van der Waals surface area (Å²) < 4.78 is 11.2. The van der Waals surface area contributed by atoms with Crippen LogP contribution in [0.4, 0.5) is 0 Å². The van der Waals surface area contributed by atoms with Crippen LogP contribution in [0.5, 0.6) is 5.75 Å². The summed E-state index contributed by atoms with van der Waals surface area (Å²) in [5.41, 5.74) is 13.9. The highest BCUT2D eigenvalue weighted by Crippen LogP contribution is 2.43. The molecule has 1 aromatic rings. The van der Waals surface area contributed by atoms with Crippen molar-refractivity contribution in [2.75, 3.05) is 13.1 Å². The highest BCUT2D eigenvalue weighted by Gasteiger charge is 2.48. The predicted molar refractivity (Wildman–Crippen MR) is 123 cm³/mol. The quantitative estimate of drug-likeness (QED) is 0.474. The van der Waals surface area contributed by atoms with Crippen LogP contribution in [0.15, 0.2) is 76.7 Å². The van der Waals surface area contributed by atoms with Crippen molar-refractivity contribution in [3.63, 3.8) is 0 Å². The Labute approximate surface area is 205 Å². The van der Waals surface area contributed by atoms with E-state index in [1.54, 1.807) is 42.5 Å². The minimum Gasteiger partial charge on any atom is -0.441 e. The lowest BCUT2D eigenvalue weighted by Gasteiger charge is -2.37. The molecule has 36 heavy (non-hydrogen) atoms. The lowest BCUT2D eigenvalue weighted by Crippen LogP contribution is -2.53. The van der Waals surface area contributed by atoms with Gasteiger partial charge in [-0.3, -0.25) is 29.0 Å². The molecule has 2 atom stereocenters. The minimum atomic E-state index is -0.605. The van der Waals surface area contributed by atoms with E-state index in [1.807, 2.05) is 0 Å². The van der Waals surface area contributed by atoms with E-state index >= 15 is 0 Å². The van der Waals surface area contributed by atoms with Crippen LogP contribution in [-0.2, 0) is 23.9 Å². The number of nitrogens with zero attached hydrogens (tertiary/aromatic N) is 2. The maximum absolute atomic E-state index is 13.3. The van der Waals surface area contributed by atoms with E-state index in [0.717, 1.165) is 9.80 Å². The molecular formula is C26H21N4O6+. The Kier molecular flexibility index (Phi) is 4.80. The van der Waals surface area contributed by atoms with Gasteiger partial charge in [-0.2, -0.15) is 0 Å². The van der Waals surface area contributed by atoms with Crippen molar-refractivity contribution in [1.82, 2.24) is 9.80 Å². The summed E-state index contributed by atoms with van der Waals surface area (Å²) in [7, 11) is 0. The molecule has 4 heterocycles. The molecule has 0 spiro atoms. The lowest BCUT2D eigenvalue weighted by atomic mass is 9.80. The molecule has 2 saturated heterocycles. The first kappa shape index (κ1) is 21.8. The van der Waals surface area contributed by atoms with Crippen LogP contribution < -0.4 is 16.2 Å². The number of para-hydroxylation sites is 1. The molecule has 4 aliphatic heterocycles. The van der Waals surface area contributed by atoms with Crippen LogP contribution >= 0.6 is 0 Å². The fourth-order valence-electron chi connectivity index (χ4n) is 5.33. The first-order chi connectivity index (χ1) is 17.3. The Morgan fingerprint density at radius 1 is 0.861 bits per heavy atom. The number of carbonyl (C=O) groups excluding carboxylic acids is 4. The third kappa shape index (κ3) is 3.15. The number of benzene rings is 1. The standard InChI is InChI=1S/C26H20N4O6/c27-23-21-15(13-5-1-3-7-17(13)35-23)11-19(31)29(25(21)33)9-10-30-20(32)12-16-14-6-2-4-8-18(14)36-24(28)22(16)26(30)34/h1,3-8,15-16H,9-12H2,(H3-,27,28,33,34)/p+1. The first-order valence-corrected chi connectivity index (χ1v) is 11.5. The van der Waals surface area contributed by atoms with Crippen molar-refractivity contribution in [1.29, 1.82) is 0 Å². The molecule has 1 aliphatic carbocycles. The third-order valence-corrected chi connectivity index (χ3v) is 7.05. The number of carbonyl (C=O) groups is 4. The van der Waals surface area contributed by atoms with Crippen molar-refractivity contribution in [2.45, 2.75) is 18.8 Å². The topological polar surface area (TPSA) is 145 Å². The van der Waals surface area contributed by atoms with E-state index in [0.29, 0.717) is 22.6 Å². The van der Waals surface area contributed by atoms with E-state index in [1.165, 1.54) is 0 Å². The number of rotatable bonds is 3. The van der Waals surface area contributed by atoms with Gasteiger partial charge in [-0.25, -0.2) is 0 Å². The fraction of sp³-hybridized carbons (Fsp3) is 0.231. The number of amides is 4. The number of hydrogen-bond acceptors (Lipinski definition) is 8. The molecule has 4 N–H and O–H groups in total. The number of imide groups is 2. The molecule has 2 unspecified atom stereocenters. The molecule has 0 bridgehead atoms. The number of nitrogens with two attached hydrogens (primary N) is 2. The normalized spacial score (nSPS) is 24.7. The lowest BCUT2D eigenvalue weighted by molar-refractivity contribution is -0.151. The number of allylic oxidation sites excluding steroid dienone is 5. The zero-order chi connectivity index (χ0) is 25.1. The summed E-state index contributed by atoms with van der Waals surface area (Å²) in [5.74, 6) is -2.22. The second-order valence-electron chi connectivity index (χ2n) is 8.98. The minimum absolute atomic E-state index is 0.00266. The van der Waals surface area contributed by atoms with E-state index in [-0.39, 0.29) is 48.8 Å². The Balaban J connectivity index is 1.22. The molecule has 5 aliphatic rings. The smallest absolute Gasteiger partial charge is 0.263 e. The molecule has 0 aromatic heterocycles. The Morgan fingerprint density at radius 2 is 1.47 bits per heavy atom. The number of ether oxygens (including phenoxy) is 2. The Morgan fingerprint density at radius 3 is 2.19 bits per heavy atom. The zero-order valence-electron chi connectivity index (χ0n) is 19.0. The van der Waals surface area contributed by atoms with Crippen LogP contribution in [-0.4, -0.2) is 46.5 Å². The molecule has 10 heteroatoms. The summed E-state index contributed by atoms with van der Waals surface area (Å²) in [6.07, 6.45) is 7.96. The molecule has 10 nitrogen and oxygen atoms in total. The molecule has 1 aromatic carbocycles. The molecule has 0 saturated carbocycles. The van der Waals surface area contributed by atoms with Gasteiger partial charge in [0.05, 0.1) is 29.6 Å². The zero-order valence-corrected chi connectivity index (χ0v) is 19.0.